The number of thioether (sulfide) groups is 2. The van der Waals surface area contributed by atoms with Crippen molar-refractivity contribution in [3.8, 4) is 0 Å². The first-order chi connectivity index (χ1) is 9.60. The van der Waals surface area contributed by atoms with E-state index in [2.05, 4.69) is 13.2 Å². The highest BCUT2D eigenvalue weighted by molar-refractivity contribution is 8.47. The van der Waals surface area contributed by atoms with Crippen LogP contribution in [0.4, 0.5) is 0 Å². The Hall–Kier alpha value is -0.790. The molecule has 0 aromatic heterocycles. The van der Waals surface area contributed by atoms with E-state index in [9.17, 15) is 9.59 Å². The van der Waals surface area contributed by atoms with Crippen LogP contribution >= 0.6 is 35.7 Å². The molecule has 0 aromatic carbocycles. The van der Waals surface area contributed by atoms with Crippen LogP contribution in [-0.4, -0.2) is 40.2 Å². The number of rotatable bonds is 10. The smallest absolute Gasteiger partial charge is 0.330 e. The predicted octanol–water partition coefficient (Wildman–Crippen LogP) is 2.98. The van der Waals surface area contributed by atoms with Crippen LogP contribution in [-0.2, 0) is 19.1 Å². The van der Waals surface area contributed by atoms with Crippen molar-refractivity contribution < 1.29 is 19.1 Å². The molecule has 7 heteroatoms. The van der Waals surface area contributed by atoms with Gasteiger partial charge in [0.15, 0.2) is 0 Å². The molecule has 0 aliphatic carbocycles. The van der Waals surface area contributed by atoms with Gasteiger partial charge >= 0.3 is 11.9 Å². The summed E-state index contributed by atoms with van der Waals surface area (Å²) in [5, 5.41) is 0. The van der Waals surface area contributed by atoms with E-state index < -0.39 is 11.9 Å². The molecule has 0 amide bonds. The molecular weight excluding hydrogens is 316 g/mol. The summed E-state index contributed by atoms with van der Waals surface area (Å²) in [6.45, 7) is 7.38. The molecule has 0 radical (unpaired) electrons. The zero-order chi connectivity index (χ0) is 15.2. The fourth-order valence-electron chi connectivity index (χ4n) is 0.934. The molecule has 0 unspecified atom stereocenters. The van der Waals surface area contributed by atoms with Crippen molar-refractivity contribution >= 4 is 51.2 Å². The van der Waals surface area contributed by atoms with E-state index in [1.54, 1.807) is 23.5 Å². The lowest BCUT2D eigenvalue weighted by molar-refractivity contribution is -0.138. The van der Waals surface area contributed by atoms with Gasteiger partial charge in [-0.05, 0) is 12.8 Å². The highest BCUT2D eigenvalue weighted by Gasteiger charge is 2.01. The van der Waals surface area contributed by atoms with Gasteiger partial charge in [-0.25, -0.2) is 9.59 Å². The quantitative estimate of drug-likeness (QED) is 0.263. The number of carbonyl (C=O) groups excluding carboxylic acids is 2. The Labute approximate surface area is 133 Å². The molecule has 0 aromatic rings. The molecule has 0 rings (SSSR count). The van der Waals surface area contributed by atoms with Crippen LogP contribution in [0.3, 0.4) is 0 Å². The molecule has 0 N–H and O–H groups in total. The molecule has 4 nitrogen and oxygen atoms in total. The highest BCUT2D eigenvalue weighted by atomic mass is 32.2. The number of hydrogen-bond donors (Lipinski definition) is 0. The highest BCUT2D eigenvalue weighted by Crippen LogP contribution is 2.18. The molecule has 20 heavy (non-hydrogen) atoms. The third-order valence-corrected chi connectivity index (χ3v) is 4.71. The Morgan fingerprint density at radius 3 is 1.70 bits per heavy atom. The number of hydrogen-bond acceptors (Lipinski definition) is 7. The van der Waals surface area contributed by atoms with E-state index in [-0.39, 0.29) is 0 Å². The van der Waals surface area contributed by atoms with E-state index in [4.69, 9.17) is 21.7 Å². The van der Waals surface area contributed by atoms with E-state index in [0.29, 0.717) is 13.2 Å². The van der Waals surface area contributed by atoms with Crippen molar-refractivity contribution in [3.05, 3.63) is 25.3 Å². The molecule has 0 heterocycles. The Morgan fingerprint density at radius 2 is 1.35 bits per heavy atom. The van der Waals surface area contributed by atoms with Crippen molar-refractivity contribution in [1.82, 2.24) is 0 Å². The van der Waals surface area contributed by atoms with Crippen LogP contribution < -0.4 is 0 Å². The lowest BCUT2D eigenvalue weighted by Crippen LogP contribution is -2.03. The Bertz CT molecular complexity index is 324. The maximum absolute atomic E-state index is 10.8. The second-order valence-corrected chi connectivity index (χ2v) is 6.79. The normalized spacial score (nSPS) is 9.60. The minimum Gasteiger partial charge on any atom is -0.463 e. The maximum Gasteiger partial charge on any atom is 0.330 e. The summed E-state index contributed by atoms with van der Waals surface area (Å²) in [7, 11) is 0. The predicted molar refractivity (Wildman–Crippen MR) is 89.1 cm³/mol. The molecule has 0 aliphatic heterocycles. The number of esters is 2. The molecule has 0 fully saturated rings. The summed E-state index contributed by atoms with van der Waals surface area (Å²) in [6, 6.07) is 0. The fourth-order valence-corrected chi connectivity index (χ4v) is 3.12. The molecule has 0 atom stereocenters. The van der Waals surface area contributed by atoms with Crippen LogP contribution in [0, 0.1) is 0 Å². The third-order valence-electron chi connectivity index (χ3n) is 1.84. The fraction of sp³-hybridized carbons (Fsp3) is 0.462. The van der Waals surface area contributed by atoms with Gasteiger partial charge < -0.3 is 9.47 Å². The zero-order valence-corrected chi connectivity index (χ0v) is 13.6. The van der Waals surface area contributed by atoms with Crippen LogP contribution in [0.25, 0.3) is 0 Å². The molecular formula is C13H18O4S3. The molecule has 112 valence electrons. The van der Waals surface area contributed by atoms with E-state index in [1.807, 2.05) is 0 Å². The molecule has 0 spiro atoms. The lowest BCUT2D eigenvalue weighted by Gasteiger charge is -2.04. The number of carbonyl (C=O) groups is 2. The summed E-state index contributed by atoms with van der Waals surface area (Å²) in [5.74, 6) is 0.811. The largest absolute Gasteiger partial charge is 0.463 e. The average molecular weight is 334 g/mol. The first kappa shape index (κ1) is 19.2. The summed E-state index contributed by atoms with van der Waals surface area (Å²) >= 11 is 8.30. The SMILES string of the molecule is C=CC(=O)OCCCSC(=S)SCCCOC(=O)C=C. The van der Waals surface area contributed by atoms with Crippen molar-refractivity contribution in [1.29, 1.82) is 0 Å². The van der Waals surface area contributed by atoms with Gasteiger partial charge in [-0.1, -0.05) is 25.4 Å². The average Bonchev–Trinajstić information content (AvgIpc) is 2.45. The standard InChI is InChI=1S/C13H18O4S3/c1-3-11(14)16-7-5-9-19-13(18)20-10-6-8-17-12(15)4-2/h3-4H,1-2,5-10H2. The molecule has 0 saturated carbocycles. The minimum atomic E-state index is -0.402. The topological polar surface area (TPSA) is 52.6 Å². The van der Waals surface area contributed by atoms with Crippen molar-refractivity contribution in [3.63, 3.8) is 0 Å². The van der Waals surface area contributed by atoms with Crippen LogP contribution in [0.15, 0.2) is 25.3 Å². The first-order valence-electron chi connectivity index (χ1n) is 5.98. The van der Waals surface area contributed by atoms with Crippen LogP contribution in [0.1, 0.15) is 12.8 Å². The Balaban J connectivity index is 3.37. The van der Waals surface area contributed by atoms with Gasteiger partial charge in [-0.2, -0.15) is 0 Å². The summed E-state index contributed by atoms with van der Waals surface area (Å²) < 4.78 is 10.5. The lowest BCUT2D eigenvalue weighted by atomic mass is 10.5. The van der Waals surface area contributed by atoms with Gasteiger partial charge in [-0.15, -0.1) is 23.5 Å². The summed E-state index contributed by atoms with van der Waals surface area (Å²) in [4.78, 5) is 21.5. The summed E-state index contributed by atoms with van der Waals surface area (Å²) in [6.07, 6.45) is 3.80. The van der Waals surface area contributed by atoms with Gasteiger partial charge in [0.05, 0.1) is 13.2 Å². The van der Waals surface area contributed by atoms with Crippen molar-refractivity contribution in [2.45, 2.75) is 12.8 Å². The zero-order valence-electron chi connectivity index (χ0n) is 11.2. The van der Waals surface area contributed by atoms with Crippen LogP contribution in [0.5, 0.6) is 0 Å². The second kappa shape index (κ2) is 13.2. The van der Waals surface area contributed by atoms with E-state index >= 15 is 0 Å². The van der Waals surface area contributed by atoms with E-state index in [0.717, 1.165) is 40.0 Å². The minimum absolute atomic E-state index is 0.378. The number of thiocarbonyl (C=S) groups is 1. The molecule has 0 aliphatic rings. The summed E-state index contributed by atoms with van der Waals surface area (Å²) in [5.41, 5.74) is 0. The molecule has 0 saturated heterocycles. The monoisotopic (exact) mass is 334 g/mol. The second-order valence-electron chi connectivity index (χ2n) is 3.40. The number of ether oxygens (including phenoxy) is 2. The van der Waals surface area contributed by atoms with Gasteiger partial charge in [0.1, 0.15) is 3.53 Å². The Morgan fingerprint density at radius 1 is 0.950 bits per heavy atom. The maximum atomic E-state index is 10.8. The van der Waals surface area contributed by atoms with Gasteiger partial charge in [-0.3, -0.25) is 0 Å². The van der Waals surface area contributed by atoms with E-state index in [1.165, 1.54) is 0 Å². The third kappa shape index (κ3) is 12.3. The molecule has 0 bridgehead atoms. The van der Waals surface area contributed by atoms with Crippen LogP contribution in [0.2, 0.25) is 0 Å². The Kier molecular flexibility index (Phi) is 12.7. The first-order valence-corrected chi connectivity index (χ1v) is 8.36. The van der Waals surface area contributed by atoms with Crippen molar-refractivity contribution in [2.24, 2.45) is 0 Å². The van der Waals surface area contributed by atoms with Crippen molar-refractivity contribution in [2.75, 3.05) is 24.7 Å². The van der Waals surface area contributed by atoms with Gasteiger partial charge in [0.2, 0.25) is 0 Å². The van der Waals surface area contributed by atoms with Gasteiger partial charge in [0, 0.05) is 23.7 Å². The van der Waals surface area contributed by atoms with Gasteiger partial charge in [0.25, 0.3) is 0 Å².